The molecule has 0 unspecified atom stereocenters. The second-order valence-corrected chi connectivity index (χ2v) is 5.99. The minimum absolute atomic E-state index is 0.169. The van der Waals surface area contributed by atoms with E-state index < -0.39 is 12.1 Å². The Kier molecular flexibility index (Phi) is 5.49. The van der Waals surface area contributed by atoms with Crippen LogP contribution in [-0.4, -0.2) is 24.5 Å². The molecule has 2 aromatic carbocycles. The number of carbonyl (C=O) groups excluding carboxylic acids is 2. The number of carbonyl (C=O) groups is 2. The second kappa shape index (κ2) is 8.17. The van der Waals surface area contributed by atoms with Crippen molar-refractivity contribution >= 4 is 11.9 Å². The Balaban J connectivity index is 1.60. The molecule has 1 N–H and O–H groups in total. The van der Waals surface area contributed by atoms with Gasteiger partial charge in [0.25, 0.3) is 5.91 Å². The number of rotatable bonds is 7. The number of benzene rings is 2. The third-order valence-corrected chi connectivity index (χ3v) is 3.85. The number of nitriles is 1. The number of ether oxygens (including phenoxy) is 2. The Bertz CT molecular complexity index is 808. The van der Waals surface area contributed by atoms with Gasteiger partial charge in [0.1, 0.15) is 5.75 Å². The van der Waals surface area contributed by atoms with E-state index in [4.69, 9.17) is 14.7 Å². The summed E-state index contributed by atoms with van der Waals surface area (Å²) in [5, 5.41) is 11.6. The fourth-order valence-corrected chi connectivity index (χ4v) is 2.34. The Morgan fingerprint density at radius 1 is 1.12 bits per heavy atom. The number of amides is 1. The van der Waals surface area contributed by atoms with Crippen molar-refractivity contribution in [1.29, 1.82) is 5.26 Å². The van der Waals surface area contributed by atoms with E-state index in [1.807, 2.05) is 12.1 Å². The van der Waals surface area contributed by atoms with Crippen LogP contribution in [-0.2, 0) is 14.3 Å². The van der Waals surface area contributed by atoms with Crippen LogP contribution in [0, 0.1) is 11.3 Å². The molecule has 1 saturated carbocycles. The maximum Gasteiger partial charge on any atom is 0.345 e. The molecule has 1 atom stereocenters. The zero-order valence-electron chi connectivity index (χ0n) is 14.1. The smallest absolute Gasteiger partial charge is 0.345 e. The minimum atomic E-state index is -1.01. The van der Waals surface area contributed by atoms with Crippen LogP contribution in [0.4, 0.5) is 0 Å². The molecular formula is C20H18N2O4. The van der Waals surface area contributed by atoms with Crippen LogP contribution in [0.2, 0.25) is 0 Å². The van der Waals surface area contributed by atoms with Crippen molar-refractivity contribution < 1.29 is 19.1 Å². The largest absolute Gasteiger partial charge is 0.482 e. The minimum Gasteiger partial charge on any atom is -0.482 e. The van der Waals surface area contributed by atoms with E-state index >= 15 is 0 Å². The van der Waals surface area contributed by atoms with Gasteiger partial charge >= 0.3 is 5.97 Å². The highest BCUT2D eigenvalue weighted by Crippen LogP contribution is 2.23. The van der Waals surface area contributed by atoms with Gasteiger partial charge in [0, 0.05) is 11.6 Å². The van der Waals surface area contributed by atoms with E-state index in [-0.39, 0.29) is 18.6 Å². The first-order valence-electron chi connectivity index (χ1n) is 8.33. The summed E-state index contributed by atoms with van der Waals surface area (Å²) in [7, 11) is 0. The van der Waals surface area contributed by atoms with Crippen LogP contribution >= 0.6 is 0 Å². The molecule has 1 fully saturated rings. The van der Waals surface area contributed by atoms with Crippen molar-refractivity contribution in [2.45, 2.75) is 25.0 Å². The molecule has 26 heavy (non-hydrogen) atoms. The van der Waals surface area contributed by atoms with Gasteiger partial charge in [-0.2, -0.15) is 5.26 Å². The molecule has 0 heterocycles. The molecule has 0 aliphatic heterocycles. The van der Waals surface area contributed by atoms with Crippen molar-refractivity contribution in [3.05, 3.63) is 65.7 Å². The van der Waals surface area contributed by atoms with Crippen LogP contribution in [0.1, 0.15) is 30.1 Å². The molecule has 3 rings (SSSR count). The van der Waals surface area contributed by atoms with Gasteiger partial charge in [0.05, 0.1) is 11.6 Å². The van der Waals surface area contributed by atoms with Crippen LogP contribution < -0.4 is 10.1 Å². The lowest BCUT2D eigenvalue weighted by atomic mass is 10.1. The predicted molar refractivity (Wildman–Crippen MR) is 93.1 cm³/mol. The molecule has 132 valence electrons. The Morgan fingerprint density at radius 2 is 1.81 bits per heavy atom. The van der Waals surface area contributed by atoms with Gasteiger partial charge in [-0.25, -0.2) is 4.79 Å². The topological polar surface area (TPSA) is 88.4 Å². The molecule has 2 aromatic rings. The highest BCUT2D eigenvalue weighted by Gasteiger charge is 2.30. The molecule has 0 saturated heterocycles. The molecule has 1 aliphatic carbocycles. The van der Waals surface area contributed by atoms with Crippen LogP contribution in [0.15, 0.2) is 54.6 Å². The van der Waals surface area contributed by atoms with E-state index in [1.54, 1.807) is 48.5 Å². The number of nitrogens with zero attached hydrogens (tertiary/aromatic N) is 1. The summed E-state index contributed by atoms with van der Waals surface area (Å²) in [6.45, 7) is -0.327. The summed E-state index contributed by atoms with van der Waals surface area (Å²) in [4.78, 5) is 24.6. The van der Waals surface area contributed by atoms with Gasteiger partial charge in [0.15, 0.2) is 6.61 Å². The lowest BCUT2D eigenvalue weighted by Gasteiger charge is -2.18. The average Bonchev–Trinajstić information content (AvgIpc) is 3.49. The summed E-state index contributed by atoms with van der Waals surface area (Å²) in [6, 6.07) is 17.4. The van der Waals surface area contributed by atoms with E-state index in [0.29, 0.717) is 16.9 Å². The summed E-state index contributed by atoms with van der Waals surface area (Å²) < 4.78 is 10.7. The standard InChI is InChI=1S/C20H18N2O4/c21-12-14-6-10-17(11-7-14)25-13-18(23)26-19(15-4-2-1-3-5-15)20(24)22-16-8-9-16/h1-7,10-11,16,19H,8-9,13H2,(H,22,24)/t19-/m0/s1. The van der Waals surface area contributed by atoms with Crippen LogP contribution in [0.5, 0.6) is 5.75 Å². The van der Waals surface area contributed by atoms with Gasteiger partial charge in [-0.3, -0.25) is 4.79 Å². The van der Waals surface area contributed by atoms with Crippen molar-refractivity contribution in [2.24, 2.45) is 0 Å². The van der Waals surface area contributed by atoms with E-state index in [9.17, 15) is 9.59 Å². The fourth-order valence-electron chi connectivity index (χ4n) is 2.34. The van der Waals surface area contributed by atoms with Crippen LogP contribution in [0.25, 0.3) is 0 Å². The molecule has 0 aromatic heterocycles. The monoisotopic (exact) mass is 350 g/mol. The maximum atomic E-state index is 12.4. The first-order valence-corrected chi connectivity index (χ1v) is 8.33. The van der Waals surface area contributed by atoms with Gasteiger partial charge in [-0.05, 0) is 37.1 Å². The maximum absolute atomic E-state index is 12.4. The first-order chi connectivity index (χ1) is 12.7. The molecule has 0 bridgehead atoms. The third kappa shape index (κ3) is 4.84. The molecule has 6 nitrogen and oxygen atoms in total. The Hall–Kier alpha value is -3.33. The SMILES string of the molecule is N#Cc1ccc(OCC(=O)O[C@H](C(=O)NC2CC2)c2ccccc2)cc1. The molecule has 0 radical (unpaired) electrons. The number of hydrogen-bond acceptors (Lipinski definition) is 5. The summed E-state index contributed by atoms with van der Waals surface area (Å²) in [6.07, 6.45) is 0.889. The highest BCUT2D eigenvalue weighted by atomic mass is 16.6. The van der Waals surface area contributed by atoms with Crippen molar-refractivity contribution in [3.63, 3.8) is 0 Å². The zero-order valence-corrected chi connectivity index (χ0v) is 14.1. The molecule has 0 spiro atoms. The number of esters is 1. The predicted octanol–water partition coefficient (Wildman–Crippen LogP) is 2.50. The summed E-state index contributed by atoms with van der Waals surface area (Å²) in [5.74, 6) is -0.528. The lowest BCUT2D eigenvalue weighted by molar-refractivity contribution is -0.158. The van der Waals surface area contributed by atoms with E-state index in [0.717, 1.165) is 12.8 Å². The van der Waals surface area contributed by atoms with E-state index in [2.05, 4.69) is 5.32 Å². The third-order valence-electron chi connectivity index (χ3n) is 3.85. The summed E-state index contributed by atoms with van der Waals surface area (Å²) >= 11 is 0. The normalized spacial score (nSPS) is 14.0. The molecule has 1 amide bonds. The summed E-state index contributed by atoms with van der Waals surface area (Å²) in [5.41, 5.74) is 1.11. The van der Waals surface area contributed by atoms with Gasteiger partial charge < -0.3 is 14.8 Å². The molecule has 6 heteroatoms. The highest BCUT2D eigenvalue weighted by molar-refractivity contribution is 5.85. The number of hydrogen-bond donors (Lipinski definition) is 1. The number of nitrogens with one attached hydrogen (secondary N) is 1. The van der Waals surface area contributed by atoms with Crippen molar-refractivity contribution in [1.82, 2.24) is 5.32 Å². The van der Waals surface area contributed by atoms with Gasteiger partial charge in [0.2, 0.25) is 6.10 Å². The molecular weight excluding hydrogens is 332 g/mol. The van der Waals surface area contributed by atoms with E-state index in [1.165, 1.54) is 0 Å². The van der Waals surface area contributed by atoms with Gasteiger partial charge in [-0.1, -0.05) is 30.3 Å². The van der Waals surface area contributed by atoms with Gasteiger partial charge in [-0.15, -0.1) is 0 Å². The second-order valence-electron chi connectivity index (χ2n) is 5.99. The Labute approximate surface area is 151 Å². The average molecular weight is 350 g/mol. The van der Waals surface area contributed by atoms with Crippen molar-refractivity contribution in [3.8, 4) is 11.8 Å². The lowest BCUT2D eigenvalue weighted by Crippen LogP contribution is -2.34. The molecule has 1 aliphatic rings. The van der Waals surface area contributed by atoms with Crippen molar-refractivity contribution in [2.75, 3.05) is 6.61 Å². The first kappa shape index (κ1) is 17.5. The quantitative estimate of drug-likeness (QED) is 0.775. The Morgan fingerprint density at radius 3 is 2.42 bits per heavy atom. The fraction of sp³-hybridized carbons (Fsp3) is 0.250. The zero-order chi connectivity index (χ0) is 18.4. The van der Waals surface area contributed by atoms with Crippen LogP contribution in [0.3, 0.4) is 0 Å².